The second kappa shape index (κ2) is 5.65. The highest BCUT2D eigenvalue weighted by Crippen LogP contribution is 2.24. The van der Waals surface area contributed by atoms with Crippen LogP contribution in [0, 0.1) is 5.82 Å². The number of hydrogen-bond donors (Lipinski definition) is 0. The number of para-hydroxylation sites is 1. The monoisotopic (exact) mass is 245 g/mol. The van der Waals surface area contributed by atoms with Crippen LogP contribution >= 0.6 is 0 Å². The van der Waals surface area contributed by atoms with E-state index in [0.29, 0.717) is 5.75 Å². The maximum atomic E-state index is 13.4. The Bertz CT molecular complexity index is 508. The Hall–Kier alpha value is -1.87. The summed E-state index contributed by atoms with van der Waals surface area (Å²) in [5.41, 5.74) is 1.20. The second-order valence-electron chi connectivity index (χ2n) is 4.41. The number of benzene rings is 2. The van der Waals surface area contributed by atoms with E-state index in [4.69, 9.17) is 4.74 Å². The quantitative estimate of drug-likeness (QED) is 0.814. The Kier molecular flexibility index (Phi) is 3.95. The zero-order valence-electron chi connectivity index (χ0n) is 10.6. The summed E-state index contributed by atoms with van der Waals surface area (Å²) in [6, 6.07) is 14.1. The van der Waals surface area contributed by atoms with E-state index in [1.54, 1.807) is 18.2 Å². The van der Waals surface area contributed by atoms with Crippen LogP contribution in [0.1, 0.15) is 5.56 Å². The zero-order chi connectivity index (χ0) is 13.0. The third-order valence-electron chi connectivity index (χ3n) is 2.49. The normalized spacial score (nSPS) is 10.7. The minimum absolute atomic E-state index is 0.248. The van der Waals surface area contributed by atoms with Crippen LogP contribution in [0.15, 0.2) is 48.5 Å². The second-order valence-corrected chi connectivity index (χ2v) is 4.41. The molecule has 94 valence electrons. The van der Waals surface area contributed by atoms with E-state index >= 15 is 0 Å². The standard InChI is InChI=1S/C15H16FNO/c1-17(2)11-12-7-9-13(10-8-12)18-15-6-4-3-5-14(15)16/h3-10H,11H2,1-2H3. The van der Waals surface area contributed by atoms with Gasteiger partial charge in [0.1, 0.15) is 5.75 Å². The van der Waals surface area contributed by atoms with Crippen molar-refractivity contribution in [2.24, 2.45) is 0 Å². The van der Waals surface area contributed by atoms with Crippen LogP contribution in [-0.4, -0.2) is 19.0 Å². The van der Waals surface area contributed by atoms with Crippen LogP contribution in [0.3, 0.4) is 0 Å². The van der Waals surface area contributed by atoms with Gasteiger partial charge in [0.15, 0.2) is 11.6 Å². The first-order valence-corrected chi connectivity index (χ1v) is 5.81. The molecule has 0 atom stereocenters. The average molecular weight is 245 g/mol. The average Bonchev–Trinajstić information content (AvgIpc) is 2.34. The summed E-state index contributed by atoms with van der Waals surface area (Å²) in [6.07, 6.45) is 0. The summed E-state index contributed by atoms with van der Waals surface area (Å²) >= 11 is 0. The van der Waals surface area contributed by atoms with Gasteiger partial charge in [0.25, 0.3) is 0 Å². The van der Waals surface area contributed by atoms with Crippen LogP contribution in [0.5, 0.6) is 11.5 Å². The fourth-order valence-electron chi connectivity index (χ4n) is 1.68. The lowest BCUT2D eigenvalue weighted by Gasteiger charge is -2.10. The molecule has 0 radical (unpaired) electrons. The number of nitrogens with zero attached hydrogens (tertiary/aromatic N) is 1. The summed E-state index contributed by atoms with van der Waals surface area (Å²) < 4.78 is 18.9. The van der Waals surface area contributed by atoms with Gasteiger partial charge in [-0.05, 0) is 43.9 Å². The molecule has 0 aromatic heterocycles. The Morgan fingerprint density at radius 1 is 1.00 bits per heavy atom. The van der Waals surface area contributed by atoms with Crippen molar-refractivity contribution in [2.45, 2.75) is 6.54 Å². The third-order valence-corrected chi connectivity index (χ3v) is 2.49. The summed E-state index contributed by atoms with van der Waals surface area (Å²) in [5, 5.41) is 0. The van der Waals surface area contributed by atoms with Crippen LogP contribution in [-0.2, 0) is 6.54 Å². The van der Waals surface area contributed by atoms with Gasteiger partial charge in [-0.1, -0.05) is 24.3 Å². The molecule has 0 aliphatic carbocycles. The number of rotatable bonds is 4. The summed E-state index contributed by atoms with van der Waals surface area (Å²) in [5.74, 6) is 0.537. The van der Waals surface area contributed by atoms with Crippen molar-refractivity contribution in [3.63, 3.8) is 0 Å². The van der Waals surface area contributed by atoms with E-state index in [1.165, 1.54) is 11.6 Å². The maximum absolute atomic E-state index is 13.4. The van der Waals surface area contributed by atoms with Crippen molar-refractivity contribution < 1.29 is 9.13 Å². The molecule has 0 aliphatic heterocycles. The van der Waals surface area contributed by atoms with Crippen LogP contribution in [0.4, 0.5) is 4.39 Å². The van der Waals surface area contributed by atoms with Gasteiger partial charge in [-0.2, -0.15) is 0 Å². The van der Waals surface area contributed by atoms with Crippen molar-refractivity contribution in [3.05, 3.63) is 59.9 Å². The van der Waals surface area contributed by atoms with Gasteiger partial charge < -0.3 is 9.64 Å². The summed E-state index contributed by atoms with van der Waals surface area (Å²) in [4.78, 5) is 2.09. The Balaban J connectivity index is 2.09. The molecule has 0 bridgehead atoms. The zero-order valence-corrected chi connectivity index (χ0v) is 10.6. The maximum Gasteiger partial charge on any atom is 0.165 e. The molecule has 0 N–H and O–H groups in total. The predicted octanol–water partition coefficient (Wildman–Crippen LogP) is 3.68. The van der Waals surface area contributed by atoms with E-state index in [1.807, 2.05) is 38.4 Å². The fraction of sp³-hybridized carbons (Fsp3) is 0.200. The first kappa shape index (κ1) is 12.6. The number of ether oxygens (including phenoxy) is 1. The molecule has 0 amide bonds. The van der Waals surface area contributed by atoms with Gasteiger partial charge in [-0.15, -0.1) is 0 Å². The molecule has 3 heteroatoms. The molecular weight excluding hydrogens is 229 g/mol. The first-order chi connectivity index (χ1) is 8.65. The van der Waals surface area contributed by atoms with Crippen LogP contribution < -0.4 is 4.74 Å². The van der Waals surface area contributed by atoms with Gasteiger partial charge in [0.2, 0.25) is 0 Å². The molecule has 18 heavy (non-hydrogen) atoms. The number of hydrogen-bond acceptors (Lipinski definition) is 2. The summed E-state index contributed by atoms with van der Waals surface area (Å²) in [7, 11) is 4.04. The highest BCUT2D eigenvalue weighted by atomic mass is 19.1. The number of halogens is 1. The van der Waals surface area contributed by atoms with Crippen LogP contribution in [0.25, 0.3) is 0 Å². The third kappa shape index (κ3) is 3.31. The van der Waals surface area contributed by atoms with Crippen LogP contribution in [0.2, 0.25) is 0 Å². The molecule has 0 spiro atoms. The van der Waals surface area contributed by atoms with Gasteiger partial charge in [0.05, 0.1) is 0 Å². The highest BCUT2D eigenvalue weighted by molar-refractivity contribution is 5.33. The van der Waals surface area contributed by atoms with E-state index < -0.39 is 0 Å². The topological polar surface area (TPSA) is 12.5 Å². The van der Waals surface area contributed by atoms with Crippen molar-refractivity contribution in [2.75, 3.05) is 14.1 Å². The molecule has 2 nitrogen and oxygen atoms in total. The van der Waals surface area contributed by atoms with Crippen molar-refractivity contribution in [3.8, 4) is 11.5 Å². The van der Waals surface area contributed by atoms with E-state index in [2.05, 4.69) is 4.90 Å². The van der Waals surface area contributed by atoms with E-state index in [0.717, 1.165) is 6.54 Å². The molecule has 2 aromatic carbocycles. The molecule has 0 aliphatic rings. The van der Waals surface area contributed by atoms with Gasteiger partial charge in [-0.3, -0.25) is 0 Å². The molecule has 0 saturated heterocycles. The molecule has 2 rings (SSSR count). The van der Waals surface area contributed by atoms with Crippen molar-refractivity contribution in [1.82, 2.24) is 4.90 Å². The summed E-state index contributed by atoms with van der Waals surface area (Å²) in [6.45, 7) is 0.875. The SMILES string of the molecule is CN(C)Cc1ccc(Oc2ccccc2F)cc1. The minimum Gasteiger partial charge on any atom is -0.454 e. The fourth-order valence-corrected chi connectivity index (χ4v) is 1.68. The van der Waals surface area contributed by atoms with Crippen molar-refractivity contribution in [1.29, 1.82) is 0 Å². The smallest absolute Gasteiger partial charge is 0.165 e. The largest absolute Gasteiger partial charge is 0.454 e. The molecule has 0 fully saturated rings. The lowest BCUT2D eigenvalue weighted by atomic mass is 10.2. The predicted molar refractivity (Wildman–Crippen MR) is 70.3 cm³/mol. The first-order valence-electron chi connectivity index (χ1n) is 5.81. The minimum atomic E-state index is -0.352. The lowest BCUT2D eigenvalue weighted by Crippen LogP contribution is -2.10. The lowest BCUT2D eigenvalue weighted by molar-refractivity contribution is 0.401. The van der Waals surface area contributed by atoms with Gasteiger partial charge in [-0.25, -0.2) is 4.39 Å². The molecule has 0 unspecified atom stereocenters. The highest BCUT2D eigenvalue weighted by Gasteiger charge is 2.03. The van der Waals surface area contributed by atoms with E-state index in [-0.39, 0.29) is 11.6 Å². The molecule has 0 heterocycles. The van der Waals surface area contributed by atoms with Crippen molar-refractivity contribution >= 4 is 0 Å². The molecular formula is C15H16FNO. The Morgan fingerprint density at radius 3 is 2.28 bits per heavy atom. The molecule has 2 aromatic rings. The van der Waals surface area contributed by atoms with Gasteiger partial charge >= 0.3 is 0 Å². The Morgan fingerprint density at radius 2 is 1.67 bits per heavy atom. The van der Waals surface area contributed by atoms with E-state index in [9.17, 15) is 4.39 Å². The Labute approximate surface area is 107 Å². The molecule has 0 saturated carbocycles. The van der Waals surface area contributed by atoms with Gasteiger partial charge in [0, 0.05) is 6.54 Å².